The maximum Gasteiger partial charge on any atom is 0.219 e. The number of amides is 1. The summed E-state index contributed by atoms with van der Waals surface area (Å²) in [6, 6.07) is 3.83. The van der Waals surface area contributed by atoms with E-state index in [0.29, 0.717) is 13.0 Å². The molecule has 1 heterocycles. The number of anilines is 1. The molecule has 0 atom stereocenters. The molecule has 0 aliphatic rings. The Kier molecular flexibility index (Phi) is 3.25. The molecule has 0 aromatic carbocycles. The van der Waals surface area contributed by atoms with Crippen molar-refractivity contribution in [3.8, 4) is 0 Å². The van der Waals surface area contributed by atoms with Gasteiger partial charge >= 0.3 is 0 Å². The normalized spacial score (nSPS) is 9.62. The number of primary amides is 1. The number of hydrogen-bond donors (Lipinski definition) is 2. The van der Waals surface area contributed by atoms with Crippen molar-refractivity contribution >= 4 is 11.7 Å². The minimum atomic E-state index is -0.306. The predicted octanol–water partition coefficient (Wildman–Crippen LogP) is 0.677. The Labute approximate surface area is 77.2 Å². The highest BCUT2D eigenvalue weighted by molar-refractivity contribution is 5.74. The molecule has 1 rings (SSSR count). The molecule has 70 valence electrons. The van der Waals surface area contributed by atoms with Crippen molar-refractivity contribution in [1.82, 2.24) is 4.98 Å². The van der Waals surface area contributed by atoms with Crippen LogP contribution < -0.4 is 11.1 Å². The summed E-state index contributed by atoms with van der Waals surface area (Å²) in [7, 11) is 0. The van der Waals surface area contributed by atoms with Crippen molar-refractivity contribution < 1.29 is 4.79 Å². The number of aromatic nitrogens is 1. The van der Waals surface area contributed by atoms with Gasteiger partial charge in [-0.05, 0) is 18.6 Å². The van der Waals surface area contributed by atoms with E-state index in [1.807, 2.05) is 19.1 Å². The van der Waals surface area contributed by atoms with E-state index in [9.17, 15) is 4.79 Å². The maximum absolute atomic E-state index is 10.4. The van der Waals surface area contributed by atoms with Crippen LogP contribution in [0.2, 0.25) is 0 Å². The average molecular weight is 179 g/mol. The number of nitrogens with two attached hydrogens (primary N) is 1. The minimum absolute atomic E-state index is 0.306. The lowest BCUT2D eigenvalue weighted by molar-refractivity contribution is -0.117. The summed E-state index contributed by atoms with van der Waals surface area (Å²) in [5.74, 6) is 0.464. The highest BCUT2D eigenvalue weighted by atomic mass is 16.1. The first-order valence-corrected chi connectivity index (χ1v) is 4.13. The second-order valence-electron chi connectivity index (χ2n) is 2.86. The summed E-state index contributed by atoms with van der Waals surface area (Å²) in [5.41, 5.74) is 6.09. The molecule has 1 aromatic heterocycles. The number of hydrogen-bond acceptors (Lipinski definition) is 3. The van der Waals surface area contributed by atoms with Crippen LogP contribution in [0.25, 0.3) is 0 Å². The highest BCUT2D eigenvalue weighted by Crippen LogP contribution is 2.02. The molecular formula is C9H13N3O. The maximum atomic E-state index is 10.4. The van der Waals surface area contributed by atoms with Crippen molar-refractivity contribution in [2.75, 3.05) is 11.9 Å². The Bertz CT molecular complexity index is 281. The number of pyridine rings is 1. The van der Waals surface area contributed by atoms with Crippen LogP contribution in [-0.2, 0) is 4.79 Å². The zero-order valence-electron chi connectivity index (χ0n) is 7.58. The molecule has 0 unspecified atom stereocenters. The molecule has 0 fully saturated rings. The predicted molar refractivity (Wildman–Crippen MR) is 51.3 cm³/mol. The molecule has 4 heteroatoms. The molecule has 0 bridgehead atoms. The van der Waals surface area contributed by atoms with E-state index in [1.165, 1.54) is 0 Å². The first kappa shape index (κ1) is 9.51. The first-order valence-electron chi connectivity index (χ1n) is 4.13. The van der Waals surface area contributed by atoms with Crippen LogP contribution in [0.5, 0.6) is 0 Å². The van der Waals surface area contributed by atoms with Crippen molar-refractivity contribution in [3.05, 3.63) is 23.9 Å². The summed E-state index contributed by atoms with van der Waals surface area (Å²) < 4.78 is 0. The van der Waals surface area contributed by atoms with Gasteiger partial charge in [-0.1, -0.05) is 6.07 Å². The smallest absolute Gasteiger partial charge is 0.219 e. The molecule has 0 aliphatic heterocycles. The van der Waals surface area contributed by atoms with E-state index in [4.69, 9.17) is 5.73 Å². The Balaban J connectivity index is 2.37. The second kappa shape index (κ2) is 4.45. The van der Waals surface area contributed by atoms with E-state index < -0.39 is 0 Å². The molecule has 0 spiro atoms. The largest absolute Gasteiger partial charge is 0.370 e. The standard InChI is InChI=1S/C9H13N3O/c1-7-2-3-9(12-6-7)11-5-4-8(10)13/h2-3,6H,4-5H2,1H3,(H2,10,13)(H,11,12). The van der Waals surface area contributed by atoms with Crippen molar-refractivity contribution in [1.29, 1.82) is 0 Å². The zero-order chi connectivity index (χ0) is 9.68. The zero-order valence-corrected chi connectivity index (χ0v) is 7.58. The highest BCUT2D eigenvalue weighted by Gasteiger charge is 1.95. The third-order valence-corrected chi connectivity index (χ3v) is 1.59. The summed E-state index contributed by atoms with van der Waals surface area (Å²) in [5, 5.41) is 2.99. The number of aryl methyl sites for hydroxylation is 1. The van der Waals surface area contributed by atoms with Gasteiger partial charge in [0.25, 0.3) is 0 Å². The van der Waals surface area contributed by atoms with Crippen LogP contribution in [0.4, 0.5) is 5.82 Å². The first-order chi connectivity index (χ1) is 6.18. The summed E-state index contributed by atoms with van der Waals surface area (Å²) in [4.78, 5) is 14.5. The summed E-state index contributed by atoms with van der Waals surface area (Å²) >= 11 is 0. The van der Waals surface area contributed by atoms with Crippen LogP contribution in [0.1, 0.15) is 12.0 Å². The number of nitrogens with one attached hydrogen (secondary N) is 1. The number of carbonyl (C=O) groups excluding carboxylic acids is 1. The fraction of sp³-hybridized carbons (Fsp3) is 0.333. The quantitative estimate of drug-likeness (QED) is 0.714. The topological polar surface area (TPSA) is 68.0 Å². The lowest BCUT2D eigenvalue weighted by atomic mass is 10.3. The van der Waals surface area contributed by atoms with Crippen molar-refractivity contribution in [3.63, 3.8) is 0 Å². The second-order valence-corrected chi connectivity index (χ2v) is 2.86. The molecule has 4 nitrogen and oxygen atoms in total. The third-order valence-electron chi connectivity index (χ3n) is 1.59. The van der Waals surface area contributed by atoms with Gasteiger partial charge in [0, 0.05) is 19.2 Å². The van der Waals surface area contributed by atoms with Gasteiger partial charge < -0.3 is 11.1 Å². The lowest BCUT2D eigenvalue weighted by Crippen LogP contribution is -2.16. The SMILES string of the molecule is Cc1ccc(NCCC(N)=O)nc1. The molecule has 1 amide bonds. The molecule has 1 aromatic rings. The molecule has 3 N–H and O–H groups in total. The van der Waals surface area contributed by atoms with Gasteiger partial charge in [0.05, 0.1) is 0 Å². The molecule has 0 saturated heterocycles. The van der Waals surface area contributed by atoms with Crippen molar-refractivity contribution in [2.24, 2.45) is 5.73 Å². The molecule has 13 heavy (non-hydrogen) atoms. The van der Waals surface area contributed by atoms with Gasteiger partial charge in [0.2, 0.25) is 5.91 Å². The Hall–Kier alpha value is -1.58. The van der Waals surface area contributed by atoms with Gasteiger partial charge in [0.15, 0.2) is 0 Å². The summed E-state index contributed by atoms with van der Waals surface area (Å²) in [6.45, 7) is 2.51. The molecule has 0 aliphatic carbocycles. The van der Waals surface area contributed by atoms with E-state index in [1.54, 1.807) is 6.20 Å². The lowest BCUT2D eigenvalue weighted by Gasteiger charge is -2.03. The molecular weight excluding hydrogens is 166 g/mol. The van der Waals surface area contributed by atoms with E-state index >= 15 is 0 Å². The van der Waals surface area contributed by atoms with E-state index in [0.717, 1.165) is 11.4 Å². The van der Waals surface area contributed by atoms with Gasteiger partial charge in [0.1, 0.15) is 5.82 Å². The number of nitrogens with zero attached hydrogens (tertiary/aromatic N) is 1. The van der Waals surface area contributed by atoms with Crippen LogP contribution >= 0.6 is 0 Å². The Morgan fingerprint density at radius 2 is 2.38 bits per heavy atom. The van der Waals surface area contributed by atoms with Gasteiger partial charge in [-0.2, -0.15) is 0 Å². The average Bonchev–Trinajstić information content (AvgIpc) is 2.08. The van der Waals surface area contributed by atoms with E-state index in [2.05, 4.69) is 10.3 Å². The van der Waals surface area contributed by atoms with Crippen molar-refractivity contribution in [2.45, 2.75) is 13.3 Å². The number of carbonyl (C=O) groups is 1. The van der Waals surface area contributed by atoms with Gasteiger partial charge in [-0.25, -0.2) is 4.98 Å². The van der Waals surface area contributed by atoms with Gasteiger partial charge in [-0.15, -0.1) is 0 Å². The molecule has 0 saturated carbocycles. The van der Waals surface area contributed by atoms with Crippen LogP contribution in [-0.4, -0.2) is 17.4 Å². The molecule has 0 radical (unpaired) electrons. The number of rotatable bonds is 4. The third kappa shape index (κ3) is 3.55. The minimum Gasteiger partial charge on any atom is -0.370 e. The van der Waals surface area contributed by atoms with Crippen LogP contribution in [0, 0.1) is 6.92 Å². The summed E-state index contributed by atoms with van der Waals surface area (Å²) in [6.07, 6.45) is 2.10. The Morgan fingerprint density at radius 3 is 2.92 bits per heavy atom. The van der Waals surface area contributed by atoms with Gasteiger partial charge in [-0.3, -0.25) is 4.79 Å². The van der Waals surface area contributed by atoms with Crippen LogP contribution in [0.3, 0.4) is 0 Å². The van der Waals surface area contributed by atoms with E-state index in [-0.39, 0.29) is 5.91 Å². The Morgan fingerprint density at radius 1 is 1.62 bits per heavy atom. The fourth-order valence-corrected chi connectivity index (χ4v) is 0.886. The monoisotopic (exact) mass is 179 g/mol. The fourth-order valence-electron chi connectivity index (χ4n) is 0.886. The van der Waals surface area contributed by atoms with Crippen LogP contribution in [0.15, 0.2) is 18.3 Å².